The number of phenolic OH excluding ortho intramolecular Hbond substituents is 1. The fourth-order valence-corrected chi connectivity index (χ4v) is 4.73. The maximum Gasteiger partial charge on any atom is 0.336 e. The topological polar surface area (TPSA) is 129 Å². The highest BCUT2D eigenvalue weighted by molar-refractivity contribution is 7.80. The zero-order valence-corrected chi connectivity index (χ0v) is 23.5. The Morgan fingerprint density at radius 2 is 1.70 bits per heavy atom. The maximum atomic E-state index is 12.4. The first kappa shape index (κ1) is 28.8. The van der Waals surface area contributed by atoms with E-state index in [4.69, 9.17) is 16.6 Å². The van der Waals surface area contributed by atoms with Crippen molar-refractivity contribution < 1.29 is 24.2 Å². The summed E-state index contributed by atoms with van der Waals surface area (Å²) < 4.78 is 5.87. The molecule has 0 bridgehead atoms. The van der Waals surface area contributed by atoms with Crippen LogP contribution in [-0.2, 0) is 4.79 Å². The highest BCUT2D eigenvalue weighted by atomic mass is 32.1. The Hall–Kier alpha value is -4.24. The predicted octanol–water partition coefficient (Wildman–Crippen LogP) is 6.43. The van der Waals surface area contributed by atoms with Crippen molar-refractivity contribution in [1.29, 1.82) is 0 Å². The molecule has 0 radical (unpaired) electrons. The molecule has 1 heterocycles. The van der Waals surface area contributed by atoms with Gasteiger partial charge < -0.3 is 25.3 Å². The number of thiocarbonyl (C=S) groups is 1. The molecule has 1 aliphatic heterocycles. The number of unbranched alkanes of at least 4 members (excludes halogenated alkanes) is 2. The molecule has 2 aromatic rings. The summed E-state index contributed by atoms with van der Waals surface area (Å²) in [6.07, 6.45) is 3.13. The number of fused-ring (bicyclic) bond motifs is 2. The van der Waals surface area contributed by atoms with Gasteiger partial charge in [0.15, 0.2) is 10.5 Å². The van der Waals surface area contributed by atoms with Gasteiger partial charge in [-0.25, -0.2) is 4.79 Å². The van der Waals surface area contributed by atoms with Crippen molar-refractivity contribution in [3.05, 3.63) is 70.4 Å². The van der Waals surface area contributed by atoms with E-state index < -0.39 is 5.97 Å². The van der Waals surface area contributed by atoms with Crippen LogP contribution in [0.1, 0.15) is 56.8 Å². The molecule has 0 saturated heterocycles. The number of carboxylic acid groups (broad SMARTS) is 1. The van der Waals surface area contributed by atoms with Gasteiger partial charge in [-0.2, -0.15) is 0 Å². The summed E-state index contributed by atoms with van der Waals surface area (Å²) in [6.45, 7) is 6.41. The number of hydrogen-bond acceptors (Lipinski definition) is 6. The molecule has 9 heteroatoms. The van der Waals surface area contributed by atoms with Crippen LogP contribution in [0, 0.1) is 5.41 Å². The first-order valence-electron chi connectivity index (χ1n) is 13.1. The molecule has 0 unspecified atom stereocenters. The summed E-state index contributed by atoms with van der Waals surface area (Å²) in [7, 11) is 0. The van der Waals surface area contributed by atoms with E-state index in [1.54, 1.807) is 24.3 Å². The van der Waals surface area contributed by atoms with Crippen LogP contribution in [-0.4, -0.2) is 33.6 Å². The van der Waals surface area contributed by atoms with Crippen molar-refractivity contribution in [2.75, 3.05) is 11.9 Å². The number of nitrogens with one attached hydrogen (secondary N) is 2. The molecule has 0 fully saturated rings. The summed E-state index contributed by atoms with van der Waals surface area (Å²) in [5.74, 6) is -0.609. The fourth-order valence-electron chi connectivity index (χ4n) is 4.51. The smallest absolute Gasteiger partial charge is 0.336 e. The van der Waals surface area contributed by atoms with E-state index >= 15 is 0 Å². The summed E-state index contributed by atoms with van der Waals surface area (Å²) in [5.41, 5.74) is 1.87. The van der Waals surface area contributed by atoms with E-state index in [1.165, 1.54) is 30.3 Å². The maximum absolute atomic E-state index is 12.4. The van der Waals surface area contributed by atoms with Crippen molar-refractivity contribution in [1.82, 2.24) is 5.32 Å². The molecule has 2 aliphatic rings. The highest BCUT2D eigenvalue weighted by Crippen LogP contribution is 2.42. The lowest BCUT2D eigenvalue weighted by Gasteiger charge is -2.18. The zero-order valence-electron chi connectivity index (χ0n) is 22.7. The molecule has 0 spiro atoms. The molecule has 0 saturated carbocycles. The van der Waals surface area contributed by atoms with Gasteiger partial charge in [0.2, 0.25) is 0 Å². The van der Waals surface area contributed by atoms with Gasteiger partial charge in [-0.1, -0.05) is 33.3 Å². The number of benzene rings is 3. The minimum Gasteiger partial charge on any atom is -0.508 e. The number of anilines is 1. The number of Topliss-reactive ketones (excluding diaryl/α,β-unsaturated/α-hetero) is 1. The molecular formula is C31H32N2O6S. The molecule has 4 N–H and O–H groups in total. The number of phenols is 1. The second kappa shape index (κ2) is 11.9. The summed E-state index contributed by atoms with van der Waals surface area (Å²) in [6, 6.07) is 13.9. The van der Waals surface area contributed by atoms with Gasteiger partial charge in [0.1, 0.15) is 22.9 Å². The monoisotopic (exact) mass is 560 g/mol. The van der Waals surface area contributed by atoms with Crippen molar-refractivity contribution in [3.8, 4) is 28.2 Å². The Bertz CT molecular complexity index is 1620. The number of aromatic carboxylic acids is 1. The second-order valence-corrected chi connectivity index (χ2v) is 11.2. The zero-order chi connectivity index (χ0) is 29.0. The molecule has 1 aliphatic carbocycles. The normalized spacial score (nSPS) is 11.5. The molecule has 4 rings (SSSR count). The number of ketones is 1. The number of rotatable bonds is 9. The van der Waals surface area contributed by atoms with Crippen molar-refractivity contribution in [3.63, 3.8) is 0 Å². The highest BCUT2D eigenvalue weighted by Gasteiger charge is 2.23. The van der Waals surface area contributed by atoms with Crippen molar-refractivity contribution >= 4 is 45.7 Å². The van der Waals surface area contributed by atoms with E-state index in [0.717, 1.165) is 19.3 Å². The third-order valence-corrected chi connectivity index (χ3v) is 6.90. The van der Waals surface area contributed by atoms with Crippen LogP contribution >= 0.6 is 12.2 Å². The Balaban J connectivity index is 1.53. The third-order valence-electron chi connectivity index (χ3n) is 6.66. The Morgan fingerprint density at radius 1 is 0.950 bits per heavy atom. The number of carbonyl (C=O) groups excluding carboxylic acids is 1. The van der Waals surface area contributed by atoms with Gasteiger partial charge in [0, 0.05) is 52.7 Å². The molecule has 8 nitrogen and oxygen atoms in total. The van der Waals surface area contributed by atoms with Crippen LogP contribution in [0.25, 0.3) is 33.4 Å². The number of carboxylic acids is 1. The first-order valence-corrected chi connectivity index (χ1v) is 13.5. The Kier molecular flexibility index (Phi) is 8.54. The lowest BCUT2D eigenvalue weighted by molar-refractivity contribution is -0.126. The van der Waals surface area contributed by atoms with Gasteiger partial charge in [-0.05, 0) is 67.0 Å². The molecule has 2 aromatic carbocycles. The van der Waals surface area contributed by atoms with E-state index in [2.05, 4.69) is 10.6 Å². The summed E-state index contributed by atoms with van der Waals surface area (Å²) >= 11 is 5.40. The second-order valence-electron chi connectivity index (χ2n) is 10.7. The largest absolute Gasteiger partial charge is 0.508 e. The van der Waals surface area contributed by atoms with E-state index in [1.807, 2.05) is 20.8 Å². The van der Waals surface area contributed by atoms with Crippen LogP contribution in [0.4, 0.5) is 5.69 Å². The molecule has 0 amide bonds. The summed E-state index contributed by atoms with van der Waals surface area (Å²) in [4.78, 5) is 36.4. The van der Waals surface area contributed by atoms with E-state index in [-0.39, 0.29) is 33.7 Å². The molecule has 40 heavy (non-hydrogen) atoms. The van der Waals surface area contributed by atoms with Crippen LogP contribution < -0.4 is 16.1 Å². The van der Waals surface area contributed by atoms with Crippen LogP contribution in [0.15, 0.2) is 63.8 Å². The fraction of sp³-hybridized carbons (Fsp3) is 0.290. The van der Waals surface area contributed by atoms with Gasteiger partial charge in [0.05, 0.1) is 5.56 Å². The first-order chi connectivity index (χ1) is 18.9. The minimum absolute atomic E-state index is 0.0164. The average molecular weight is 561 g/mol. The van der Waals surface area contributed by atoms with Crippen LogP contribution in [0.3, 0.4) is 0 Å². The van der Waals surface area contributed by atoms with Gasteiger partial charge in [-0.3, -0.25) is 9.59 Å². The van der Waals surface area contributed by atoms with Gasteiger partial charge in [0.25, 0.3) is 0 Å². The molecule has 208 valence electrons. The van der Waals surface area contributed by atoms with Crippen molar-refractivity contribution in [2.24, 2.45) is 5.41 Å². The lowest BCUT2D eigenvalue weighted by Crippen LogP contribution is -2.29. The molecular weight excluding hydrogens is 528 g/mol. The standard InChI is InChI=1S/C31H32N2O6S/c1-31(2,3)27(36)7-5-4-6-14-32-30(40)33-18-8-11-21(24(15-18)29(37)38)28-22-12-9-19(34)16-25(22)39-26-17-20(35)10-13-23(26)28/h8-13,15-17,34H,4-7,14H2,1-3H3,(H,37,38)(H2,32,33,40). The Morgan fingerprint density at radius 3 is 2.42 bits per heavy atom. The summed E-state index contributed by atoms with van der Waals surface area (Å²) in [5, 5.41) is 27.2. The third kappa shape index (κ3) is 6.66. The quantitative estimate of drug-likeness (QED) is 0.104. The van der Waals surface area contributed by atoms with Crippen LogP contribution in [0.5, 0.6) is 5.75 Å². The van der Waals surface area contributed by atoms with E-state index in [9.17, 15) is 24.6 Å². The average Bonchev–Trinajstić information content (AvgIpc) is 2.88. The SMILES string of the molecule is CC(C)(C)C(=O)CCCCCNC(=S)Nc1ccc(-c2c3ccc(=O)cc-3oc3cc(O)ccc23)c(C(=O)O)c1. The molecule has 0 aromatic heterocycles. The number of carbonyl (C=O) groups is 2. The Labute approximate surface area is 237 Å². The van der Waals surface area contributed by atoms with Gasteiger partial charge in [-0.15, -0.1) is 0 Å². The lowest BCUT2D eigenvalue weighted by atomic mass is 9.88. The van der Waals surface area contributed by atoms with Crippen LogP contribution in [0.2, 0.25) is 0 Å². The van der Waals surface area contributed by atoms with Gasteiger partial charge >= 0.3 is 5.97 Å². The number of aromatic hydroxyl groups is 1. The van der Waals surface area contributed by atoms with Crippen molar-refractivity contribution in [2.45, 2.75) is 46.5 Å². The minimum atomic E-state index is -1.14. The van der Waals surface area contributed by atoms with E-state index in [0.29, 0.717) is 51.4 Å². The predicted molar refractivity (Wildman–Crippen MR) is 160 cm³/mol. The molecule has 0 atom stereocenters. The number of hydrogen-bond donors (Lipinski definition) is 4.